The first-order chi connectivity index (χ1) is 23.8. The van der Waals surface area contributed by atoms with E-state index in [0.29, 0.717) is 52.4 Å². The maximum atomic E-state index is 13.7. The average molecular weight is 717 g/mol. The van der Waals surface area contributed by atoms with E-state index in [9.17, 15) is 35.9 Å². The Labute approximate surface area is 291 Å². The molecule has 0 radical (unpaired) electrons. The topological polar surface area (TPSA) is 78.0 Å². The van der Waals surface area contributed by atoms with Crippen LogP contribution in [-0.4, -0.2) is 42.2 Å². The zero-order valence-electron chi connectivity index (χ0n) is 29.1. The zero-order chi connectivity index (χ0) is 37.6. The monoisotopic (exact) mass is 716 g/mol. The average Bonchev–Trinajstić information content (AvgIpc) is 3.36. The van der Waals surface area contributed by atoms with Crippen LogP contribution in [-0.2, 0) is 38.6 Å². The Morgan fingerprint density at radius 2 is 1.65 bits per heavy atom. The van der Waals surface area contributed by atoms with Gasteiger partial charge in [-0.25, -0.2) is 9.59 Å². The summed E-state index contributed by atoms with van der Waals surface area (Å²) in [7, 11) is 2.84. The summed E-state index contributed by atoms with van der Waals surface area (Å²) in [6.45, 7) is 9.21. The van der Waals surface area contributed by atoms with Crippen LogP contribution in [0, 0.1) is 0 Å². The quantitative estimate of drug-likeness (QED) is 0.171. The number of benzene rings is 2. The van der Waals surface area contributed by atoms with Crippen LogP contribution >= 0.6 is 0 Å². The Kier molecular flexibility index (Phi) is 10.1. The standard InChI is InChI=1S/C38H38F6N2O5/c1-20(2)30-10-9-28(29-18-25(8-11-32(29)49-6)36(5)13-12-23(14-21(36)3)34(47)50-7)31(45-30)19-46-22(4)33(51-35(46)48)24-15-26(37(39,40)41)17-27(16-24)38(42,43)44/h8-12,14-18,20,22,33H,13,19H2,1-7H3/t22-,33-,36-/m0/s1. The number of hydrogen-bond acceptors (Lipinski definition) is 6. The number of carbonyl (C=O) groups is 2. The lowest BCUT2D eigenvalue weighted by molar-refractivity contribution is -0.143. The number of aromatic nitrogens is 1. The van der Waals surface area contributed by atoms with Crippen molar-refractivity contribution in [2.75, 3.05) is 14.2 Å². The fraction of sp³-hybridized carbons (Fsp3) is 0.395. The third-order valence-corrected chi connectivity index (χ3v) is 9.76. The van der Waals surface area contributed by atoms with Crippen molar-refractivity contribution in [2.24, 2.45) is 0 Å². The number of halogens is 6. The van der Waals surface area contributed by atoms with Gasteiger partial charge in [0.1, 0.15) is 11.9 Å². The summed E-state index contributed by atoms with van der Waals surface area (Å²) >= 11 is 0. The highest BCUT2D eigenvalue weighted by Crippen LogP contribution is 2.45. The van der Waals surface area contributed by atoms with Crippen molar-refractivity contribution >= 4 is 12.1 Å². The minimum atomic E-state index is -5.06. The molecule has 1 fully saturated rings. The molecule has 51 heavy (non-hydrogen) atoms. The Balaban J connectivity index is 1.56. The molecule has 0 saturated carbocycles. The summed E-state index contributed by atoms with van der Waals surface area (Å²) < 4.78 is 98.1. The molecule has 1 aromatic heterocycles. The van der Waals surface area contributed by atoms with Crippen molar-refractivity contribution < 1.29 is 50.1 Å². The van der Waals surface area contributed by atoms with E-state index in [1.807, 2.05) is 57.2 Å². The SMILES string of the molecule is COC(=O)C1=CC[C@](C)(c2ccc(OC)c(-c3ccc(C(C)C)nc3CN3C(=O)O[C@H](c4cc(C(F)(F)F)cc(C(F)(F)F)c4)[C@@H]3C)c2)C(C)=C1. The third-order valence-electron chi connectivity index (χ3n) is 9.76. The van der Waals surface area contributed by atoms with E-state index in [0.717, 1.165) is 11.1 Å². The lowest BCUT2D eigenvalue weighted by atomic mass is 9.70. The number of nitrogens with zero attached hydrogens (tertiary/aromatic N) is 2. The lowest BCUT2D eigenvalue weighted by Gasteiger charge is -2.34. The first-order valence-corrected chi connectivity index (χ1v) is 16.2. The maximum Gasteiger partial charge on any atom is 0.416 e. The van der Waals surface area contributed by atoms with Gasteiger partial charge in [-0.2, -0.15) is 26.3 Å². The molecular weight excluding hydrogens is 678 g/mol. The Bertz CT molecular complexity index is 1880. The van der Waals surface area contributed by atoms with Gasteiger partial charge in [0, 0.05) is 22.2 Å². The zero-order valence-corrected chi connectivity index (χ0v) is 29.1. The van der Waals surface area contributed by atoms with Crippen LogP contribution in [0.5, 0.6) is 5.75 Å². The van der Waals surface area contributed by atoms with Gasteiger partial charge in [-0.05, 0) is 79.8 Å². The molecule has 1 aliphatic heterocycles. The van der Waals surface area contributed by atoms with Gasteiger partial charge in [0.15, 0.2) is 0 Å². The van der Waals surface area contributed by atoms with Gasteiger partial charge in [0.25, 0.3) is 0 Å². The van der Waals surface area contributed by atoms with Crippen molar-refractivity contribution in [3.8, 4) is 16.9 Å². The smallest absolute Gasteiger partial charge is 0.416 e. The normalized spacial score (nSPS) is 21.0. The highest BCUT2D eigenvalue weighted by molar-refractivity contribution is 5.92. The first kappa shape index (κ1) is 37.4. The number of amides is 1. The largest absolute Gasteiger partial charge is 0.496 e. The molecule has 3 aromatic rings. The van der Waals surface area contributed by atoms with Crippen LogP contribution in [0.25, 0.3) is 11.1 Å². The second kappa shape index (κ2) is 13.7. The van der Waals surface area contributed by atoms with Crippen molar-refractivity contribution in [3.05, 3.63) is 105 Å². The van der Waals surface area contributed by atoms with Gasteiger partial charge in [0.05, 0.1) is 49.2 Å². The number of pyridine rings is 1. The van der Waals surface area contributed by atoms with Crippen molar-refractivity contribution in [2.45, 2.75) is 83.4 Å². The number of rotatable bonds is 8. The van der Waals surface area contributed by atoms with Gasteiger partial charge in [-0.3, -0.25) is 9.88 Å². The molecule has 2 aliphatic rings. The second-order valence-electron chi connectivity index (χ2n) is 13.3. The summed E-state index contributed by atoms with van der Waals surface area (Å²) in [5.41, 5.74) is 0.747. The molecule has 7 nitrogen and oxygen atoms in total. The van der Waals surface area contributed by atoms with Crippen molar-refractivity contribution in [1.29, 1.82) is 0 Å². The Morgan fingerprint density at radius 1 is 1.00 bits per heavy atom. The van der Waals surface area contributed by atoms with E-state index in [1.54, 1.807) is 6.08 Å². The number of ether oxygens (including phenoxy) is 3. The van der Waals surface area contributed by atoms with Gasteiger partial charge in [-0.1, -0.05) is 44.6 Å². The van der Waals surface area contributed by atoms with Gasteiger partial charge in [-0.15, -0.1) is 0 Å². The summed E-state index contributed by atoms with van der Waals surface area (Å²) in [4.78, 5) is 31.7. The molecule has 0 N–H and O–H groups in total. The fourth-order valence-electron chi connectivity index (χ4n) is 6.46. The fourth-order valence-corrected chi connectivity index (χ4v) is 6.46. The van der Waals surface area contributed by atoms with Gasteiger partial charge >= 0.3 is 24.4 Å². The molecule has 2 aromatic carbocycles. The highest BCUT2D eigenvalue weighted by atomic mass is 19.4. The molecule has 1 saturated heterocycles. The number of methoxy groups -OCH3 is 2. The van der Waals surface area contributed by atoms with E-state index in [-0.39, 0.29) is 18.5 Å². The molecule has 5 rings (SSSR count). The number of alkyl halides is 6. The third kappa shape index (κ3) is 7.34. The van der Waals surface area contributed by atoms with Gasteiger partial charge in [0.2, 0.25) is 0 Å². The minimum Gasteiger partial charge on any atom is -0.496 e. The maximum absolute atomic E-state index is 13.7. The van der Waals surface area contributed by atoms with Gasteiger partial charge < -0.3 is 14.2 Å². The molecule has 2 heterocycles. The van der Waals surface area contributed by atoms with E-state index in [2.05, 4.69) is 6.92 Å². The molecule has 0 bridgehead atoms. The molecule has 1 amide bonds. The van der Waals surface area contributed by atoms with E-state index in [1.165, 1.54) is 26.0 Å². The number of esters is 1. The first-order valence-electron chi connectivity index (χ1n) is 16.2. The van der Waals surface area contributed by atoms with Crippen molar-refractivity contribution in [3.63, 3.8) is 0 Å². The van der Waals surface area contributed by atoms with Crippen LogP contribution in [0.3, 0.4) is 0 Å². The van der Waals surface area contributed by atoms with E-state index >= 15 is 0 Å². The molecule has 13 heteroatoms. The van der Waals surface area contributed by atoms with Crippen LogP contribution in [0.15, 0.2) is 71.8 Å². The molecule has 3 atom stereocenters. The number of cyclic esters (lactones) is 1. The van der Waals surface area contributed by atoms with Crippen LogP contribution in [0.4, 0.5) is 31.1 Å². The van der Waals surface area contributed by atoms with Crippen molar-refractivity contribution in [1.82, 2.24) is 9.88 Å². The highest BCUT2D eigenvalue weighted by Gasteiger charge is 2.44. The number of allylic oxidation sites excluding steroid dienone is 2. The Morgan fingerprint density at radius 3 is 2.20 bits per heavy atom. The molecular formula is C38H38F6N2O5. The predicted molar refractivity (Wildman–Crippen MR) is 177 cm³/mol. The van der Waals surface area contributed by atoms with Crippen LogP contribution < -0.4 is 4.74 Å². The number of hydrogen-bond donors (Lipinski definition) is 0. The van der Waals surface area contributed by atoms with Crippen LogP contribution in [0.2, 0.25) is 0 Å². The lowest BCUT2D eigenvalue weighted by Crippen LogP contribution is -2.32. The summed E-state index contributed by atoms with van der Waals surface area (Å²) in [6, 6.07) is 9.65. The summed E-state index contributed by atoms with van der Waals surface area (Å²) in [6.07, 6.45) is -8.32. The second-order valence-corrected chi connectivity index (χ2v) is 13.3. The molecule has 0 spiro atoms. The molecule has 1 aliphatic carbocycles. The summed E-state index contributed by atoms with van der Waals surface area (Å²) in [5.74, 6) is 0.0559. The van der Waals surface area contributed by atoms with Crippen LogP contribution in [0.1, 0.15) is 86.7 Å². The Hall–Kier alpha value is -4.81. The minimum absolute atomic E-state index is 0.0163. The predicted octanol–water partition coefficient (Wildman–Crippen LogP) is 9.71. The molecule has 272 valence electrons. The van der Waals surface area contributed by atoms with E-state index < -0.39 is 58.7 Å². The van der Waals surface area contributed by atoms with E-state index in [4.69, 9.17) is 19.2 Å². The molecule has 0 unspecified atom stereocenters. The number of carbonyl (C=O) groups excluding carboxylic acids is 2. The summed E-state index contributed by atoms with van der Waals surface area (Å²) in [5, 5.41) is 0.